The molecular weight excluding hydrogens is 738 g/mol. The highest BCUT2D eigenvalue weighted by molar-refractivity contribution is 6.23. The van der Waals surface area contributed by atoms with Gasteiger partial charge in [0.1, 0.15) is 11.8 Å². The number of nitrogens with one attached hydrogen (secondary N) is 4. The zero-order valence-corrected chi connectivity index (χ0v) is 30.9. The van der Waals surface area contributed by atoms with E-state index in [1.165, 1.54) is 6.07 Å². The van der Waals surface area contributed by atoms with Crippen molar-refractivity contribution in [2.24, 2.45) is 0 Å². The molecule has 1 aliphatic carbocycles. The Bertz CT molecular complexity index is 2150. The van der Waals surface area contributed by atoms with Crippen molar-refractivity contribution in [3.05, 3.63) is 88.5 Å². The third kappa shape index (κ3) is 8.62. The van der Waals surface area contributed by atoms with Gasteiger partial charge in [-0.1, -0.05) is 12.1 Å². The van der Waals surface area contributed by atoms with Gasteiger partial charge in [-0.15, -0.1) is 0 Å². The van der Waals surface area contributed by atoms with Gasteiger partial charge in [0.25, 0.3) is 35.4 Å². The molecule has 3 aromatic rings. The van der Waals surface area contributed by atoms with Gasteiger partial charge >= 0.3 is 5.97 Å². The molecule has 7 amide bonds. The van der Waals surface area contributed by atoms with Crippen LogP contribution in [0.4, 0.5) is 11.4 Å². The number of rotatable bonds is 16. The molecular formula is C40H41N7O10. The highest BCUT2D eigenvalue weighted by Crippen LogP contribution is 2.34. The van der Waals surface area contributed by atoms with E-state index in [9.17, 15) is 38.4 Å². The van der Waals surface area contributed by atoms with Gasteiger partial charge in [0.2, 0.25) is 5.91 Å². The maximum absolute atomic E-state index is 13.5. The number of fused-ring (bicyclic) bond motifs is 2. The molecule has 4 aliphatic rings. The number of carbonyl (C=O) groups is 8. The van der Waals surface area contributed by atoms with Gasteiger partial charge in [-0.05, 0) is 86.2 Å². The van der Waals surface area contributed by atoms with Crippen molar-refractivity contribution in [3.8, 4) is 5.75 Å². The fourth-order valence-corrected chi connectivity index (χ4v) is 7.03. The Morgan fingerprint density at radius 1 is 0.860 bits per heavy atom. The second-order valence-corrected chi connectivity index (χ2v) is 14.2. The standard InChI is InChI=1S/C40H41N7O10/c48-33-21-57-32-17-25(7-12-30(32)44-33)37(53)45(27-9-10-27)20-23-3-5-24(6-4-23)36(52)43-16-2-1-15-42-26-8-11-28-29(18-26)39(55)47(38(28)54)31-13-14-34(49)46(40(31)56)22-41-19-35(50)51/h3-8,11-12,17-18,27,31,41-42H,1-2,9-10,13-16,19-22H2,(H,43,52)(H,44,48)(H,50,51). The van der Waals surface area contributed by atoms with Crippen molar-refractivity contribution in [2.75, 3.05) is 43.5 Å². The second kappa shape index (κ2) is 16.6. The van der Waals surface area contributed by atoms with Crippen LogP contribution in [-0.4, -0.2) is 112 Å². The van der Waals surface area contributed by atoms with Crippen molar-refractivity contribution in [1.82, 2.24) is 25.3 Å². The number of benzene rings is 3. The van der Waals surface area contributed by atoms with E-state index >= 15 is 0 Å². The van der Waals surface area contributed by atoms with Crippen LogP contribution in [0, 0.1) is 0 Å². The predicted octanol–water partition coefficient (Wildman–Crippen LogP) is 2.19. The Morgan fingerprint density at radius 2 is 1.60 bits per heavy atom. The van der Waals surface area contributed by atoms with Gasteiger partial charge < -0.3 is 30.7 Å². The molecule has 3 aromatic carbocycles. The average Bonchev–Trinajstić information content (AvgIpc) is 4.02. The van der Waals surface area contributed by atoms with Crippen LogP contribution in [0.5, 0.6) is 5.75 Å². The summed E-state index contributed by atoms with van der Waals surface area (Å²) in [5, 5.41) is 20.2. The van der Waals surface area contributed by atoms with E-state index in [1.807, 2.05) is 17.0 Å². The van der Waals surface area contributed by atoms with Crippen molar-refractivity contribution >= 4 is 58.7 Å². The summed E-state index contributed by atoms with van der Waals surface area (Å²) in [6, 6.07) is 15.8. The summed E-state index contributed by atoms with van der Waals surface area (Å²) < 4.78 is 5.49. The highest BCUT2D eigenvalue weighted by atomic mass is 16.5. The van der Waals surface area contributed by atoms with Gasteiger partial charge in [0.15, 0.2) is 6.61 Å². The lowest BCUT2D eigenvalue weighted by Crippen LogP contribution is -2.58. The number of hydrogen-bond acceptors (Lipinski definition) is 11. The molecule has 17 nitrogen and oxygen atoms in total. The van der Waals surface area contributed by atoms with Crippen LogP contribution in [-0.2, 0) is 25.7 Å². The fraction of sp³-hybridized carbons (Fsp3) is 0.350. The van der Waals surface area contributed by atoms with Gasteiger partial charge in [-0.3, -0.25) is 53.5 Å². The maximum atomic E-state index is 13.5. The van der Waals surface area contributed by atoms with Gasteiger partial charge in [0.05, 0.1) is 30.0 Å². The van der Waals surface area contributed by atoms with Crippen LogP contribution < -0.4 is 26.0 Å². The largest absolute Gasteiger partial charge is 0.482 e. The summed E-state index contributed by atoms with van der Waals surface area (Å²) >= 11 is 0. The molecule has 57 heavy (non-hydrogen) atoms. The maximum Gasteiger partial charge on any atom is 0.317 e. The first-order valence-electron chi connectivity index (χ1n) is 18.8. The molecule has 7 rings (SSSR count). The Labute approximate surface area is 326 Å². The Morgan fingerprint density at radius 3 is 2.35 bits per heavy atom. The zero-order chi connectivity index (χ0) is 40.2. The third-order valence-electron chi connectivity index (χ3n) is 10.2. The number of carboxylic acid groups (broad SMARTS) is 1. The molecule has 5 N–H and O–H groups in total. The minimum Gasteiger partial charge on any atom is -0.482 e. The number of aliphatic carboxylic acids is 1. The molecule has 2 fully saturated rings. The average molecular weight is 780 g/mol. The van der Waals surface area contributed by atoms with Crippen molar-refractivity contribution in [1.29, 1.82) is 0 Å². The van der Waals surface area contributed by atoms with E-state index in [4.69, 9.17) is 9.84 Å². The smallest absolute Gasteiger partial charge is 0.317 e. The lowest BCUT2D eigenvalue weighted by molar-refractivity contribution is -0.152. The topological polar surface area (TPSA) is 224 Å². The molecule has 296 valence electrons. The molecule has 0 aromatic heterocycles. The number of likely N-dealkylation sites (tertiary alicyclic amines) is 1. The number of piperidine rings is 1. The minimum atomic E-state index is -1.18. The molecule has 0 bridgehead atoms. The van der Waals surface area contributed by atoms with Gasteiger partial charge in [-0.25, -0.2) is 0 Å². The number of nitrogens with zero attached hydrogens (tertiary/aromatic N) is 3. The van der Waals surface area contributed by atoms with Crippen LogP contribution >= 0.6 is 0 Å². The second-order valence-electron chi connectivity index (χ2n) is 14.2. The van der Waals surface area contributed by atoms with Crippen LogP contribution in [0.2, 0.25) is 0 Å². The van der Waals surface area contributed by atoms with E-state index in [0.29, 0.717) is 60.7 Å². The Balaban J connectivity index is 0.851. The Kier molecular flexibility index (Phi) is 11.3. The summed E-state index contributed by atoms with van der Waals surface area (Å²) in [5.74, 6) is -3.85. The highest BCUT2D eigenvalue weighted by Gasteiger charge is 2.47. The van der Waals surface area contributed by atoms with Gasteiger partial charge in [0, 0.05) is 48.9 Å². The van der Waals surface area contributed by atoms with Gasteiger partial charge in [-0.2, -0.15) is 0 Å². The number of carbonyl (C=O) groups excluding carboxylic acids is 7. The van der Waals surface area contributed by atoms with Crippen LogP contribution in [0.15, 0.2) is 60.7 Å². The van der Waals surface area contributed by atoms with E-state index in [2.05, 4.69) is 21.3 Å². The van der Waals surface area contributed by atoms with E-state index in [0.717, 1.165) is 28.2 Å². The van der Waals surface area contributed by atoms with E-state index in [1.54, 1.807) is 42.5 Å². The predicted molar refractivity (Wildman–Crippen MR) is 202 cm³/mol. The summed E-state index contributed by atoms with van der Waals surface area (Å²) in [7, 11) is 0. The monoisotopic (exact) mass is 779 g/mol. The number of ether oxygens (including phenoxy) is 1. The van der Waals surface area contributed by atoms with Crippen molar-refractivity contribution in [3.63, 3.8) is 0 Å². The van der Waals surface area contributed by atoms with Crippen LogP contribution in [0.1, 0.15) is 85.5 Å². The molecule has 3 aliphatic heterocycles. The summed E-state index contributed by atoms with van der Waals surface area (Å²) in [6.07, 6.45) is 3.07. The quantitative estimate of drug-likeness (QED) is 0.104. The molecule has 0 radical (unpaired) electrons. The van der Waals surface area contributed by atoms with E-state index in [-0.39, 0.29) is 61.0 Å². The fourth-order valence-electron chi connectivity index (χ4n) is 7.03. The first-order valence-corrected chi connectivity index (χ1v) is 18.8. The molecule has 17 heteroatoms. The van der Waals surface area contributed by atoms with Crippen LogP contribution in [0.3, 0.4) is 0 Å². The first-order chi connectivity index (χ1) is 27.5. The summed E-state index contributed by atoms with van der Waals surface area (Å²) in [5.41, 5.74) is 3.27. The van der Waals surface area contributed by atoms with Crippen molar-refractivity contribution < 1.29 is 48.2 Å². The number of unbranched alkanes of at least 4 members (excludes halogenated alkanes) is 1. The summed E-state index contributed by atoms with van der Waals surface area (Å²) in [4.78, 5) is 104. The number of hydrogen-bond donors (Lipinski definition) is 5. The minimum absolute atomic E-state index is 0.0227. The number of carboxylic acids is 1. The number of anilines is 2. The molecule has 1 unspecified atom stereocenters. The number of amides is 7. The molecule has 1 atom stereocenters. The molecule has 0 spiro atoms. The molecule has 1 saturated heterocycles. The lowest BCUT2D eigenvalue weighted by Gasteiger charge is -2.34. The van der Waals surface area contributed by atoms with Crippen molar-refractivity contribution in [2.45, 2.75) is 57.2 Å². The zero-order valence-electron chi connectivity index (χ0n) is 30.9. The third-order valence-corrected chi connectivity index (χ3v) is 10.2. The molecule has 3 heterocycles. The molecule has 1 saturated carbocycles. The lowest BCUT2D eigenvalue weighted by atomic mass is 10.0. The van der Waals surface area contributed by atoms with E-state index < -0.39 is 42.2 Å². The summed E-state index contributed by atoms with van der Waals surface area (Å²) in [6.45, 7) is 0.407. The SMILES string of the molecule is O=C(O)CNCN1C(=O)CCC(N2C(=O)c3ccc(NCCCCNC(=O)c4ccc(CN(C(=O)c5ccc6c(c5)OCC(=O)N6)C5CC5)cc4)cc3C2=O)C1=O. The first kappa shape index (κ1) is 38.6. The van der Waals surface area contributed by atoms with Crippen LogP contribution in [0.25, 0.3) is 0 Å². The normalized spacial score (nSPS) is 17.4. The number of imide groups is 2. The Hall–Kier alpha value is -6.62.